The van der Waals surface area contributed by atoms with Crippen LogP contribution < -0.4 is 5.32 Å². The van der Waals surface area contributed by atoms with Crippen LogP contribution in [0.25, 0.3) is 0 Å². The van der Waals surface area contributed by atoms with Crippen molar-refractivity contribution in [3.8, 4) is 0 Å². The summed E-state index contributed by atoms with van der Waals surface area (Å²) in [5.74, 6) is 0.827. The van der Waals surface area contributed by atoms with E-state index in [2.05, 4.69) is 22.1 Å². The van der Waals surface area contributed by atoms with Crippen molar-refractivity contribution >= 4 is 0 Å². The van der Waals surface area contributed by atoms with Crippen LogP contribution in [0.1, 0.15) is 24.6 Å². The molecule has 1 N–H and O–H groups in total. The van der Waals surface area contributed by atoms with Gasteiger partial charge in [0.05, 0.1) is 18.9 Å². The van der Waals surface area contributed by atoms with E-state index < -0.39 is 0 Å². The number of ether oxygens (including phenoxy) is 1. The van der Waals surface area contributed by atoms with Crippen LogP contribution in [0, 0.1) is 0 Å². The molecule has 1 aromatic rings. The highest BCUT2D eigenvalue weighted by Crippen LogP contribution is 2.12. The fraction of sp³-hybridized carbons (Fsp3) is 0.750. The summed E-state index contributed by atoms with van der Waals surface area (Å²) in [5.41, 5.74) is 0.976. The molecule has 1 unspecified atom stereocenters. The SMILES string of the molecule is CNC(C)c1coc(CCN2CCOCC2)n1. The van der Waals surface area contributed by atoms with Crippen LogP contribution in [0.4, 0.5) is 0 Å². The minimum atomic E-state index is 0.246. The topological polar surface area (TPSA) is 50.5 Å². The summed E-state index contributed by atoms with van der Waals surface area (Å²) in [4.78, 5) is 6.86. The first-order chi connectivity index (χ1) is 8.29. The standard InChI is InChI=1S/C12H21N3O2/c1-10(13-2)11-9-17-12(14-11)3-4-15-5-7-16-8-6-15/h9-10,13H,3-8H2,1-2H3. The largest absolute Gasteiger partial charge is 0.449 e. The summed E-state index contributed by atoms with van der Waals surface area (Å²) in [6.07, 6.45) is 2.62. The van der Waals surface area contributed by atoms with Crippen LogP contribution in [0.15, 0.2) is 10.7 Å². The van der Waals surface area contributed by atoms with E-state index in [0.29, 0.717) is 0 Å². The molecule has 0 amide bonds. The fourth-order valence-electron chi connectivity index (χ4n) is 1.87. The van der Waals surface area contributed by atoms with Crippen molar-refractivity contribution in [2.75, 3.05) is 39.9 Å². The molecule has 0 spiro atoms. The number of nitrogens with zero attached hydrogens (tertiary/aromatic N) is 2. The molecule has 17 heavy (non-hydrogen) atoms. The van der Waals surface area contributed by atoms with Gasteiger partial charge in [0.2, 0.25) is 0 Å². The Labute approximate surface area is 102 Å². The molecule has 96 valence electrons. The third-order valence-corrected chi connectivity index (χ3v) is 3.19. The Bertz CT molecular complexity index is 334. The smallest absolute Gasteiger partial charge is 0.195 e. The number of morpholine rings is 1. The summed E-state index contributed by atoms with van der Waals surface area (Å²) in [6.45, 7) is 6.78. The van der Waals surface area contributed by atoms with Gasteiger partial charge in [-0.1, -0.05) is 0 Å². The number of rotatable bonds is 5. The Hall–Kier alpha value is -0.910. The lowest BCUT2D eigenvalue weighted by atomic mass is 10.3. The summed E-state index contributed by atoms with van der Waals surface area (Å²) >= 11 is 0. The maximum Gasteiger partial charge on any atom is 0.195 e. The first-order valence-electron chi connectivity index (χ1n) is 6.21. The minimum absolute atomic E-state index is 0.246. The van der Waals surface area contributed by atoms with Crippen molar-refractivity contribution in [2.45, 2.75) is 19.4 Å². The van der Waals surface area contributed by atoms with Gasteiger partial charge in [-0.2, -0.15) is 0 Å². The molecule has 1 aromatic heterocycles. The lowest BCUT2D eigenvalue weighted by molar-refractivity contribution is 0.0377. The zero-order valence-corrected chi connectivity index (χ0v) is 10.6. The maximum atomic E-state index is 5.47. The van der Waals surface area contributed by atoms with Gasteiger partial charge in [-0.3, -0.25) is 4.90 Å². The molecule has 2 rings (SSSR count). The van der Waals surface area contributed by atoms with Gasteiger partial charge in [-0.05, 0) is 14.0 Å². The van der Waals surface area contributed by atoms with E-state index >= 15 is 0 Å². The Morgan fingerprint density at radius 3 is 2.94 bits per heavy atom. The molecule has 0 aromatic carbocycles. The van der Waals surface area contributed by atoms with E-state index in [4.69, 9.17) is 9.15 Å². The third kappa shape index (κ3) is 3.52. The molecule has 0 radical (unpaired) electrons. The predicted octanol–water partition coefficient (Wildman–Crippen LogP) is 0.830. The molecule has 5 nitrogen and oxygen atoms in total. The molecule has 0 saturated carbocycles. The number of aromatic nitrogens is 1. The van der Waals surface area contributed by atoms with Gasteiger partial charge >= 0.3 is 0 Å². The molecule has 1 aliphatic heterocycles. The maximum absolute atomic E-state index is 5.47. The Morgan fingerprint density at radius 1 is 1.47 bits per heavy atom. The second-order valence-electron chi connectivity index (χ2n) is 4.38. The summed E-state index contributed by atoms with van der Waals surface area (Å²) in [7, 11) is 1.92. The number of hydrogen-bond acceptors (Lipinski definition) is 5. The van der Waals surface area contributed by atoms with Gasteiger partial charge in [0, 0.05) is 32.1 Å². The molecule has 0 aliphatic carbocycles. The van der Waals surface area contributed by atoms with E-state index in [1.54, 1.807) is 6.26 Å². The molecular weight excluding hydrogens is 218 g/mol. The average molecular weight is 239 g/mol. The molecule has 1 fully saturated rings. The van der Waals surface area contributed by atoms with E-state index in [-0.39, 0.29) is 6.04 Å². The molecule has 5 heteroatoms. The second kappa shape index (κ2) is 6.14. The fourth-order valence-corrected chi connectivity index (χ4v) is 1.87. The quantitative estimate of drug-likeness (QED) is 0.825. The molecular formula is C12H21N3O2. The molecule has 0 bridgehead atoms. The number of oxazole rings is 1. The van der Waals surface area contributed by atoms with Gasteiger partial charge in [0.15, 0.2) is 5.89 Å². The first-order valence-corrected chi connectivity index (χ1v) is 6.21. The van der Waals surface area contributed by atoms with E-state index in [0.717, 1.165) is 50.9 Å². The average Bonchev–Trinajstić information content (AvgIpc) is 2.85. The first kappa shape index (κ1) is 12.5. The van der Waals surface area contributed by atoms with Crippen molar-refractivity contribution < 1.29 is 9.15 Å². The van der Waals surface area contributed by atoms with Crippen molar-refractivity contribution in [1.82, 2.24) is 15.2 Å². The van der Waals surface area contributed by atoms with Crippen molar-refractivity contribution in [2.24, 2.45) is 0 Å². The Morgan fingerprint density at radius 2 is 2.24 bits per heavy atom. The van der Waals surface area contributed by atoms with Gasteiger partial charge in [-0.15, -0.1) is 0 Å². The van der Waals surface area contributed by atoms with Crippen molar-refractivity contribution in [3.63, 3.8) is 0 Å². The van der Waals surface area contributed by atoms with Crippen LogP contribution in [-0.4, -0.2) is 49.8 Å². The highest BCUT2D eigenvalue weighted by molar-refractivity contribution is 5.02. The lowest BCUT2D eigenvalue weighted by Crippen LogP contribution is -2.37. The second-order valence-corrected chi connectivity index (χ2v) is 4.38. The normalized spacial score (nSPS) is 19.4. The van der Waals surface area contributed by atoms with E-state index in [9.17, 15) is 0 Å². The van der Waals surface area contributed by atoms with Crippen LogP contribution >= 0.6 is 0 Å². The van der Waals surface area contributed by atoms with E-state index in [1.165, 1.54) is 0 Å². The van der Waals surface area contributed by atoms with Gasteiger partial charge in [0.1, 0.15) is 6.26 Å². The number of hydrogen-bond donors (Lipinski definition) is 1. The highest BCUT2D eigenvalue weighted by atomic mass is 16.5. The summed E-state index contributed by atoms with van der Waals surface area (Å²) in [5, 5.41) is 3.15. The zero-order chi connectivity index (χ0) is 12.1. The predicted molar refractivity (Wildman–Crippen MR) is 64.9 cm³/mol. The van der Waals surface area contributed by atoms with Crippen LogP contribution in [-0.2, 0) is 11.2 Å². The van der Waals surface area contributed by atoms with Crippen LogP contribution in [0.3, 0.4) is 0 Å². The summed E-state index contributed by atoms with van der Waals surface area (Å²) < 4.78 is 10.8. The third-order valence-electron chi connectivity index (χ3n) is 3.19. The van der Waals surface area contributed by atoms with Gasteiger partial charge in [0.25, 0.3) is 0 Å². The molecule has 1 aliphatic rings. The molecule has 1 atom stereocenters. The Kier molecular flexibility index (Phi) is 4.53. The van der Waals surface area contributed by atoms with Gasteiger partial charge < -0.3 is 14.5 Å². The van der Waals surface area contributed by atoms with Crippen molar-refractivity contribution in [1.29, 1.82) is 0 Å². The zero-order valence-electron chi connectivity index (χ0n) is 10.6. The van der Waals surface area contributed by atoms with E-state index in [1.807, 2.05) is 7.05 Å². The lowest BCUT2D eigenvalue weighted by Gasteiger charge is -2.25. The number of nitrogens with one attached hydrogen (secondary N) is 1. The monoisotopic (exact) mass is 239 g/mol. The molecule has 2 heterocycles. The Balaban J connectivity index is 1.80. The summed E-state index contributed by atoms with van der Waals surface area (Å²) in [6, 6.07) is 0.246. The molecule has 1 saturated heterocycles. The highest BCUT2D eigenvalue weighted by Gasteiger charge is 2.13. The van der Waals surface area contributed by atoms with Crippen LogP contribution in [0.2, 0.25) is 0 Å². The minimum Gasteiger partial charge on any atom is -0.449 e. The van der Waals surface area contributed by atoms with Crippen molar-refractivity contribution in [3.05, 3.63) is 17.8 Å². The van der Waals surface area contributed by atoms with Gasteiger partial charge in [-0.25, -0.2) is 4.98 Å². The van der Waals surface area contributed by atoms with Crippen LogP contribution in [0.5, 0.6) is 0 Å².